The minimum atomic E-state index is -0.695. The highest BCUT2D eigenvalue weighted by atomic mass is 79.9. The maximum absolute atomic E-state index is 15.4. The molecule has 4 aliphatic heterocycles. The van der Waals surface area contributed by atoms with Gasteiger partial charge in [0.1, 0.15) is 23.3 Å². The Morgan fingerprint density at radius 2 is 1.05 bits per heavy atom. The number of piperidine rings is 2. The lowest BCUT2D eigenvalue weighted by molar-refractivity contribution is 0.122. The number of nitrogens with zero attached hydrogens (tertiary/aromatic N) is 11. The molecule has 0 aliphatic carbocycles. The topological polar surface area (TPSA) is 150 Å². The summed E-state index contributed by atoms with van der Waals surface area (Å²) < 4.78 is 70.7. The van der Waals surface area contributed by atoms with Gasteiger partial charge in [-0.2, -0.15) is 0 Å². The van der Waals surface area contributed by atoms with Gasteiger partial charge in [-0.05, 0) is 66.2 Å². The van der Waals surface area contributed by atoms with E-state index in [4.69, 9.17) is 27.6 Å². The van der Waals surface area contributed by atoms with Crippen LogP contribution in [0.15, 0.2) is 102 Å². The Bertz CT molecular complexity index is 3600. The average molecular weight is 1160 g/mol. The first kappa shape index (κ1) is 56.2. The molecule has 0 atom stereocenters. The number of aromatic nitrogens is 6. The van der Waals surface area contributed by atoms with E-state index in [2.05, 4.69) is 81.2 Å². The number of hydrogen-bond acceptors (Lipinski definition) is 14. The molecule has 16 nitrogen and oxygen atoms in total. The summed E-state index contributed by atoms with van der Waals surface area (Å²) in [5.41, 5.74) is 7.41. The molecule has 4 saturated heterocycles. The van der Waals surface area contributed by atoms with Crippen LogP contribution in [0.1, 0.15) is 36.8 Å². The zero-order valence-corrected chi connectivity index (χ0v) is 46.4. The molecule has 6 aromatic heterocycles. The molecule has 4 fully saturated rings. The predicted molar refractivity (Wildman–Crippen MR) is 312 cm³/mol. The van der Waals surface area contributed by atoms with Crippen molar-refractivity contribution in [2.45, 2.75) is 51.6 Å². The lowest BCUT2D eigenvalue weighted by Gasteiger charge is -2.32. The highest BCUT2D eigenvalue weighted by Crippen LogP contribution is 2.42. The first-order chi connectivity index (χ1) is 39.5. The number of morpholine rings is 2. The second-order valence-corrected chi connectivity index (χ2v) is 20.8. The first-order valence-corrected chi connectivity index (χ1v) is 27.7. The molecule has 81 heavy (non-hydrogen) atoms. The van der Waals surface area contributed by atoms with Crippen molar-refractivity contribution in [1.82, 2.24) is 35.2 Å². The van der Waals surface area contributed by atoms with Crippen molar-refractivity contribution >= 4 is 77.8 Å². The Labute approximate surface area is 475 Å². The van der Waals surface area contributed by atoms with Crippen LogP contribution in [0.2, 0.25) is 0 Å². The smallest absolute Gasteiger partial charge is 0.227 e. The van der Waals surface area contributed by atoms with Crippen LogP contribution in [0.3, 0.4) is 0 Å². The summed E-state index contributed by atoms with van der Waals surface area (Å²) in [5.74, 6) is -1.31. The fourth-order valence-electron chi connectivity index (χ4n) is 10.4. The second kappa shape index (κ2) is 26.0. The van der Waals surface area contributed by atoms with Gasteiger partial charge in [-0.1, -0.05) is 12.1 Å². The molecule has 3 N–H and O–H groups in total. The van der Waals surface area contributed by atoms with Gasteiger partial charge in [0.2, 0.25) is 12.1 Å². The van der Waals surface area contributed by atoms with E-state index in [0.29, 0.717) is 115 Å². The second-order valence-electron chi connectivity index (χ2n) is 19.9. The van der Waals surface area contributed by atoms with E-state index in [9.17, 15) is 8.78 Å². The minimum absolute atomic E-state index is 0.0497. The summed E-state index contributed by atoms with van der Waals surface area (Å²) in [6.07, 6.45) is 10.6. The van der Waals surface area contributed by atoms with Crippen molar-refractivity contribution in [2.24, 2.45) is 0 Å². The summed E-state index contributed by atoms with van der Waals surface area (Å²) in [4.78, 5) is 41.2. The first-order valence-electron chi connectivity index (χ1n) is 26.9. The van der Waals surface area contributed by atoms with E-state index in [0.717, 1.165) is 85.8 Å². The molecular formula is C60H59BrF4N14O2. The van der Waals surface area contributed by atoms with E-state index in [-0.39, 0.29) is 27.8 Å². The number of rotatable bonds is 9. The Balaban J connectivity index is 0.000000162. The van der Waals surface area contributed by atoms with E-state index in [1.165, 1.54) is 12.1 Å². The maximum atomic E-state index is 15.4. The Hall–Kier alpha value is -8.08. The predicted octanol–water partition coefficient (Wildman–Crippen LogP) is 12.0. The maximum Gasteiger partial charge on any atom is 0.227 e. The van der Waals surface area contributed by atoms with Crippen LogP contribution in [-0.2, 0) is 9.47 Å². The van der Waals surface area contributed by atoms with Crippen molar-refractivity contribution in [2.75, 3.05) is 104 Å². The van der Waals surface area contributed by atoms with E-state index in [1.807, 2.05) is 62.5 Å². The standard InChI is InChI=1S/C30H29F2N7O.C24H20BrF2N5O.C6H10N2/c1-19-28(24-5-3-4-8-34-24)36-25-16-20(31)15-23(32)27(25)29(19)37-26-17-22(38-9-6-21(33-2)7-10-38)18-35-30(26)39-11-13-40-14-12-39;1-14-22(18-4-2-3-5-28-18)30-19-12-16(26)11-17(27)21(19)23(14)31-20-10-15(25)13-29-24(20)32-6-8-33-9-7-32;1-7-6-2-4-8-5-3-6/h3-5,8,15-18,21H,6-7,9-14H2,1H3,(H,36,37);2-5,10-13H,6-9H2,1H3,(H,30,31);6,8H,2-5H2. The van der Waals surface area contributed by atoms with Gasteiger partial charge in [0.25, 0.3) is 0 Å². The van der Waals surface area contributed by atoms with E-state index in [1.54, 1.807) is 24.7 Å². The Morgan fingerprint density at radius 1 is 0.580 bits per heavy atom. The quantitative estimate of drug-likeness (QED) is 0.0929. The third-order valence-electron chi connectivity index (χ3n) is 14.6. The van der Waals surface area contributed by atoms with Crippen LogP contribution in [-0.4, -0.2) is 121 Å². The van der Waals surface area contributed by atoms with Gasteiger partial charge in [-0.25, -0.2) is 50.6 Å². The van der Waals surface area contributed by atoms with Crippen LogP contribution in [0.25, 0.3) is 54.3 Å². The molecule has 12 rings (SSSR count). The summed E-state index contributed by atoms with van der Waals surface area (Å²) >= 11 is 3.49. The number of pyridine rings is 6. The number of ether oxygens (including phenoxy) is 2. The molecule has 0 bridgehead atoms. The molecule has 4 aliphatic rings. The van der Waals surface area contributed by atoms with Crippen molar-refractivity contribution in [3.8, 4) is 22.8 Å². The van der Waals surface area contributed by atoms with Gasteiger partial charge in [0.05, 0.1) is 106 Å². The fourth-order valence-corrected chi connectivity index (χ4v) is 10.7. The molecule has 0 unspecified atom stereocenters. The number of fused-ring (bicyclic) bond motifs is 2. The fraction of sp³-hybridized carbons (Fsp3) is 0.333. The van der Waals surface area contributed by atoms with Crippen LogP contribution in [0.4, 0.5) is 57.6 Å². The molecule has 416 valence electrons. The SMILES string of the molecule is Cc1c(-c2ccccn2)nc2cc(F)cc(F)c2c1Nc1cc(Br)cnc1N1CCOCC1.[C-]#[N+]C1CCN(c2cnc(N3CCOCC3)c(Nc3c(C)c(-c4ccccn4)nc4cc(F)cc(F)c34)c2)CC1.[C-]#[N+]C1CCNCC1. The van der Waals surface area contributed by atoms with Crippen LogP contribution in [0.5, 0.6) is 0 Å². The van der Waals surface area contributed by atoms with Crippen LogP contribution < -0.4 is 30.7 Å². The van der Waals surface area contributed by atoms with Gasteiger partial charge in [0, 0.05) is 136 Å². The zero-order valence-electron chi connectivity index (χ0n) is 44.8. The molecule has 10 heterocycles. The summed E-state index contributed by atoms with van der Waals surface area (Å²) in [6, 6.07) is 19.5. The van der Waals surface area contributed by atoms with Gasteiger partial charge in [0.15, 0.2) is 11.6 Å². The third kappa shape index (κ3) is 13.1. The molecule has 21 heteroatoms. The van der Waals surface area contributed by atoms with Gasteiger partial charge in [-0.3, -0.25) is 9.97 Å². The lowest BCUT2D eigenvalue weighted by atomic mass is 10.0. The Morgan fingerprint density at radius 3 is 1.51 bits per heavy atom. The number of halogens is 5. The summed E-state index contributed by atoms with van der Waals surface area (Å²) in [6.45, 7) is 26.5. The number of benzene rings is 2. The largest absolute Gasteiger partial charge is 0.378 e. The molecular weight excluding hydrogens is 1100 g/mol. The van der Waals surface area contributed by atoms with Gasteiger partial charge in [-0.15, -0.1) is 0 Å². The van der Waals surface area contributed by atoms with E-state index >= 15 is 8.78 Å². The normalized spacial score (nSPS) is 15.9. The average Bonchev–Trinajstić information content (AvgIpc) is 3.69. The van der Waals surface area contributed by atoms with Crippen molar-refractivity contribution in [3.05, 3.63) is 159 Å². The van der Waals surface area contributed by atoms with Crippen LogP contribution in [0, 0.1) is 50.3 Å². The summed E-state index contributed by atoms with van der Waals surface area (Å²) in [5, 5.41) is 10.5. The molecule has 0 amide bonds. The highest BCUT2D eigenvalue weighted by molar-refractivity contribution is 9.10. The van der Waals surface area contributed by atoms with Gasteiger partial charge < -0.3 is 49.8 Å². The molecule has 2 aromatic carbocycles. The van der Waals surface area contributed by atoms with E-state index < -0.39 is 23.3 Å². The van der Waals surface area contributed by atoms with Crippen molar-refractivity contribution < 1.29 is 27.0 Å². The van der Waals surface area contributed by atoms with Crippen molar-refractivity contribution in [1.29, 1.82) is 0 Å². The number of nitrogens with one attached hydrogen (secondary N) is 3. The molecule has 0 spiro atoms. The molecule has 0 saturated carbocycles. The van der Waals surface area contributed by atoms with Gasteiger partial charge >= 0.3 is 0 Å². The van der Waals surface area contributed by atoms with Crippen molar-refractivity contribution in [3.63, 3.8) is 0 Å². The number of anilines is 7. The number of hydrogen-bond donors (Lipinski definition) is 3. The zero-order chi connectivity index (χ0) is 56.4. The molecule has 0 radical (unpaired) electrons. The summed E-state index contributed by atoms with van der Waals surface area (Å²) in [7, 11) is 0. The molecule has 8 aromatic rings. The highest BCUT2D eigenvalue weighted by Gasteiger charge is 2.27. The lowest BCUT2D eigenvalue weighted by Crippen LogP contribution is -2.37. The monoisotopic (exact) mass is 1160 g/mol. The Kier molecular flexibility index (Phi) is 18.1. The van der Waals surface area contributed by atoms with Crippen LogP contribution >= 0.6 is 15.9 Å². The third-order valence-corrected chi connectivity index (χ3v) is 15.1. The minimum Gasteiger partial charge on any atom is -0.378 e.